The maximum Gasteiger partial charge on any atom is 0.0624 e. The van der Waals surface area contributed by atoms with Crippen LogP contribution in [0.3, 0.4) is 0 Å². The van der Waals surface area contributed by atoms with E-state index >= 15 is 0 Å². The van der Waals surface area contributed by atoms with Gasteiger partial charge in [0.05, 0.1) is 6.61 Å². The molecule has 0 aromatic heterocycles. The van der Waals surface area contributed by atoms with Gasteiger partial charge in [0.15, 0.2) is 0 Å². The van der Waals surface area contributed by atoms with Crippen molar-refractivity contribution in [3.05, 3.63) is 0 Å². The molecule has 0 bridgehead atoms. The van der Waals surface area contributed by atoms with Crippen molar-refractivity contribution >= 4 is 0 Å². The highest BCUT2D eigenvalue weighted by atomic mass is 16.5. The van der Waals surface area contributed by atoms with Crippen molar-refractivity contribution in [3.63, 3.8) is 0 Å². The lowest BCUT2D eigenvalue weighted by Crippen LogP contribution is -2.36. The third-order valence-electron chi connectivity index (χ3n) is 3.03. The molecule has 1 N–H and O–H groups in total. The summed E-state index contributed by atoms with van der Waals surface area (Å²) < 4.78 is 5.63. The molecule has 2 heteroatoms. The summed E-state index contributed by atoms with van der Waals surface area (Å²) in [5.41, 5.74) is 0.423. The first-order chi connectivity index (χ1) is 6.17. The lowest BCUT2D eigenvalue weighted by Gasteiger charge is -2.26. The van der Waals surface area contributed by atoms with Crippen LogP contribution in [0.2, 0.25) is 0 Å². The van der Waals surface area contributed by atoms with Crippen LogP contribution in [0.4, 0.5) is 0 Å². The quantitative estimate of drug-likeness (QED) is 0.663. The molecular weight excluding hydrogens is 162 g/mol. The minimum atomic E-state index is 0.423. The Bertz CT molecular complexity index is 145. The number of hydrogen-bond acceptors (Lipinski definition) is 2. The predicted octanol–water partition coefficient (Wildman–Crippen LogP) is 2.19. The predicted molar refractivity (Wildman–Crippen MR) is 55.9 cm³/mol. The zero-order chi connectivity index (χ0) is 9.73. The number of nitrogens with one attached hydrogen (secondary N) is 1. The van der Waals surface area contributed by atoms with E-state index in [-0.39, 0.29) is 0 Å². The largest absolute Gasteiger partial charge is 0.380 e. The highest BCUT2D eigenvalue weighted by Crippen LogP contribution is 2.29. The maximum absolute atomic E-state index is 5.63. The van der Waals surface area contributed by atoms with Crippen molar-refractivity contribution in [1.29, 1.82) is 0 Å². The van der Waals surface area contributed by atoms with Crippen LogP contribution in [0, 0.1) is 5.41 Å². The molecule has 0 amide bonds. The first-order valence-electron chi connectivity index (χ1n) is 5.48. The van der Waals surface area contributed by atoms with Gasteiger partial charge < -0.3 is 10.1 Å². The van der Waals surface area contributed by atoms with E-state index in [1.54, 1.807) is 0 Å². The lowest BCUT2D eigenvalue weighted by molar-refractivity contribution is 0.0860. The summed E-state index contributed by atoms with van der Waals surface area (Å²) in [5, 5.41) is 3.50. The molecule has 1 fully saturated rings. The van der Waals surface area contributed by atoms with Gasteiger partial charge in [-0.2, -0.15) is 0 Å². The van der Waals surface area contributed by atoms with Gasteiger partial charge in [0.2, 0.25) is 0 Å². The van der Waals surface area contributed by atoms with Crippen molar-refractivity contribution in [2.75, 3.05) is 19.8 Å². The molecule has 1 atom stereocenters. The van der Waals surface area contributed by atoms with Crippen molar-refractivity contribution < 1.29 is 4.74 Å². The molecule has 0 spiro atoms. The molecule has 1 aliphatic rings. The van der Waals surface area contributed by atoms with Crippen molar-refractivity contribution in [1.82, 2.24) is 5.32 Å². The molecule has 13 heavy (non-hydrogen) atoms. The second-order valence-electron chi connectivity index (χ2n) is 4.67. The zero-order valence-corrected chi connectivity index (χ0v) is 9.23. The van der Waals surface area contributed by atoms with Crippen LogP contribution < -0.4 is 5.32 Å². The molecule has 1 aliphatic heterocycles. The van der Waals surface area contributed by atoms with E-state index in [4.69, 9.17) is 4.74 Å². The highest BCUT2D eigenvalue weighted by molar-refractivity contribution is 4.90. The van der Waals surface area contributed by atoms with Crippen LogP contribution in [0.15, 0.2) is 0 Å². The zero-order valence-electron chi connectivity index (χ0n) is 9.23. The van der Waals surface area contributed by atoms with Crippen LogP contribution in [0.5, 0.6) is 0 Å². The van der Waals surface area contributed by atoms with Gasteiger partial charge in [0, 0.05) is 12.6 Å². The topological polar surface area (TPSA) is 21.3 Å². The Balaban J connectivity index is 2.14. The standard InChI is InChI=1S/C11H23NO/c1-4-5-8-13-9-10-11(2,3)6-7-12-10/h10,12H,4-9H2,1-3H3/t10-/m1/s1. The molecule has 0 saturated carbocycles. The van der Waals surface area contributed by atoms with E-state index in [0.717, 1.165) is 19.8 Å². The monoisotopic (exact) mass is 185 g/mol. The summed E-state index contributed by atoms with van der Waals surface area (Å²) >= 11 is 0. The summed E-state index contributed by atoms with van der Waals surface area (Å²) in [6.45, 7) is 9.79. The van der Waals surface area contributed by atoms with Gasteiger partial charge in [-0.1, -0.05) is 27.2 Å². The maximum atomic E-state index is 5.63. The molecule has 0 aromatic rings. The number of rotatable bonds is 5. The van der Waals surface area contributed by atoms with E-state index < -0.39 is 0 Å². The first-order valence-corrected chi connectivity index (χ1v) is 5.48. The molecule has 2 nitrogen and oxygen atoms in total. The molecular formula is C11H23NO. The Hall–Kier alpha value is -0.0800. The molecule has 0 aliphatic carbocycles. The summed E-state index contributed by atoms with van der Waals surface area (Å²) in [5.74, 6) is 0. The summed E-state index contributed by atoms with van der Waals surface area (Å²) in [4.78, 5) is 0. The minimum Gasteiger partial charge on any atom is -0.380 e. The first kappa shape index (κ1) is 11.0. The van der Waals surface area contributed by atoms with Crippen molar-refractivity contribution in [3.8, 4) is 0 Å². The van der Waals surface area contributed by atoms with E-state index in [0.29, 0.717) is 11.5 Å². The van der Waals surface area contributed by atoms with E-state index in [2.05, 4.69) is 26.1 Å². The summed E-state index contributed by atoms with van der Waals surface area (Å²) in [6.07, 6.45) is 3.68. The third kappa shape index (κ3) is 3.28. The number of ether oxygens (including phenoxy) is 1. The lowest BCUT2D eigenvalue weighted by atomic mass is 9.85. The molecule has 1 saturated heterocycles. The molecule has 78 valence electrons. The van der Waals surface area contributed by atoms with E-state index in [1.807, 2.05) is 0 Å². The third-order valence-corrected chi connectivity index (χ3v) is 3.03. The van der Waals surface area contributed by atoms with Gasteiger partial charge in [-0.25, -0.2) is 0 Å². The Morgan fingerprint density at radius 1 is 1.46 bits per heavy atom. The summed E-state index contributed by atoms with van der Waals surface area (Å²) in [7, 11) is 0. The Morgan fingerprint density at radius 3 is 2.77 bits per heavy atom. The van der Waals surface area contributed by atoms with Gasteiger partial charge in [-0.15, -0.1) is 0 Å². The van der Waals surface area contributed by atoms with Crippen LogP contribution in [0.25, 0.3) is 0 Å². The second kappa shape index (κ2) is 4.97. The smallest absolute Gasteiger partial charge is 0.0624 e. The van der Waals surface area contributed by atoms with E-state index in [9.17, 15) is 0 Å². The second-order valence-corrected chi connectivity index (χ2v) is 4.67. The van der Waals surface area contributed by atoms with Gasteiger partial charge >= 0.3 is 0 Å². The molecule has 1 rings (SSSR count). The van der Waals surface area contributed by atoms with Crippen molar-refractivity contribution in [2.45, 2.75) is 46.1 Å². The van der Waals surface area contributed by atoms with Gasteiger partial charge in [-0.05, 0) is 24.8 Å². The average molecular weight is 185 g/mol. The minimum absolute atomic E-state index is 0.423. The molecule has 0 aromatic carbocycles. The number of hydrogen-bond donors (Lipinski definition) is 1. The Morgan fingerprint density at radius 2 is 2.23 bits per heavy atom. The van der Waals surface area contributed by atoms with Crippen LogP contribution in [0.1, 0.15) is 40.0 Å². The average Bonchev–Trinajstić information content (AvgIpc) is 2.40. The van der Waals surface area contributed by atoms with Gasteiger partial charge in [-0.3, -0.25) is 0 Å². The molecule has 1 heterocycles. The highest BCUT2D eigenvalue weighted by Gasteiger charge is 2.33. The normalized spacial score (nSPS) is 26.5. The van der Waals surface area contributed by atoms with Gasteiger partial charge in [0.1, 0.15) is 0 Å². The Kier molecular flexibility index (Phi) is 4.20. The van der Waals surface area contributed by atoms with Crippen molar-refractivity contribution in [2.24, 2.45) is 5.41 Å². The van der Waals surface area contributed by atoms with Crippen LogP contribution in [-0.2, 0) is 4.74 Å². The fourth-order valence-corrected chi connectivity index (χ4v) is 1.75. The SMILES string of the molecule is CCCCOC[C@H]1NCCC1(C)C. The van der Waals surface area contributed by atoms with Crippen LogP contribution in [-0.4, -0.2) is 25.8 Å². The van der Waals surface area contributed by atoms with Gasteiger partial charge in [0.25, 0.3) is 0 Å². The number of unbranched alkanes of at least 4 members (excludes halogenated alkanes) is 1. The Labute approximate surface area is 82.0 Å². The molecule has 0 radical (unpaired) electrons. The fraction of sp³-hybridized carbons (Fsp3) is 1.00. The van der Waals surface area contributed by atoms with Crippen LogP contribution >= 0.6 is 0 Å². The molecule has 0 unspecified atom stereocenters. The fourth-order valence-electron chi connectivity index (χ4n) is 1.75. The van der Waals surface area contributed by atoms with E-state index in [1.165, 1.54) is 19.3 Å². The summed E-state index contributed by atoms with van der Waals surface area (Å²) in [6, 6.07) is 0.560.